The molecule has 65 heavy (non-hydrogen) atoms. The summed E-state index contributed by atoms with van der Waals surface area (Å²) >= 11 is 0. The van der Waals surface area contributed by atoms with E-state index >= 15 is 0 Å². The molecular weight excluding hydrogens is 801 g/mol. The third-order valence-corrected chi connectivity index (χ3v) is 12.4. The maximum absolute atomic E-state index is 6.68. The second-order valence-electron chi connectivity index (χ2n) is 17.5. The summed E-state index contributed by atoms with van der Waals surface area (Å²) in [6.07, 6.45) is 5.55. The largest absolute Gasteiger partial charge is 0.424 e. The molecule has 318 valence electrons. The molecule has 1 aliphatic rings. The van der Waals surface area contributed by atoms with Crippen molar-refractivity contribution in [3.05, 3.63) is 197 Å². The summed E-state index contributed by atoms with van der Waals surface area (Å²) < 4.78 is 18.0. The van der Waals surface area contributed by atoms with E-state index in [0.29, 0.717) is 23.4 Å². The molecule has 3 heterocycles. The molecule has 1 unspecified atom stereocenters. The number of aryl methyl sites for hydroxylation is 5. The van der Waals surface area contributed by atoms with Crippen molar-refractivity contribution in [1.82, 2.24) is 24.1 Å². The molecule has 0 N–H and O–H groups in total. The molecule has 8 nitrogen and oxygen atoms in total. The zero-order valence-corrected chi connectivity index (χ0v) is 37.4. The quantitative estimate of drug-likeness (QED) is 0.144. The Morgan fingerprint density at radius 3 is 1.48 bits per heavy atom. The number of hydrogen-bond acceptors (Lipinski definition) is 6. The summed E-state index contributed by atoms with van der Waals surface area (Å²) in [4.78, 5) is 16.9. The Morgan fingerprint density at radius 2 is 0.954 bits per heavy atom. The molecule has 0 saturated carbocycles. The lowest BCUT2D eigenvalue weighted by Gasteiger charge is -2.24. The van der Waals surface area contributed by atoms with Crippen molar-refractivity contribution in [3.63, 3.8) is 0 Å². The third kappa shape index (κ3) is 7.46. The summed E-state index contributed by atoms with van der Waals surface area (Å²) in [6.45, 7) is 12.9. The van der Waals surface area contributed by atoms with Gasteiger partial charge in [-0.25, -0.2) is 0 Å². The van der Waals surface area contributed by atoms with Crippen LogP contribution in [-0.4, -0.2) is 24.1 Å². The average molecular weight is 849 g/mol. The van der Waals surface area contributed by atoms with Crippen LogP contribution in [0.15, 0.2) is 158 Å². The predicted molar refractivity (Wildman–Crippen MR) is 264 cm³/mol. The normalized spacial score (nSPS) is 13.4. The van der Waals surface area contributed by atoms with Gasteiger partial charge < -0.3 is 18.6 Å². The summed E-state index contributed by atoms with van der Waals surface area (Å²) in [7, 11) is 0. The molecule has 1 atom stereocenters. The van der Waals surface area contributed by atoms with Gasteiger partial charge in [0.05, 0.1) is 16.6 Å². The van der Waals surface area contributed by atoms with Gasteiger partial charge in [0.1, 0.15) is 11.5 Å². The standard InChI is InChI=1S/C57H48N6O2/c1-35-13-21-41(22-14-35)61(42-23-15-36(2)16-24-42)55-58-56(64-45-11-7-9-43(33-45)62-51-25-17-37(3)29-47(51)48-30-38(4)18-26-52(48)62)60-57(59-55)65-46-12-8-10-44(34-46)63-53-27-19-39(5)31-49(53)50-32-40(6)20-28-54(50)63/h7-31,33-34,40H,32H2,1-6H3. The van der Waals surface area contributed by atoms with Crippen LogP contribution in [0.1, 0.15) is 46.0 Å². The number of aromatic nitrogens is 5. The number of fused-ring (bicyclic) bond motifs is 6. The number of ether oxygens (including phenoxy) is 2. The Morgan fingerprint density at radius 1 is 0.492 bits per heavy atom. The summed E-state index contributed by atoms with van der Waals surface area (Å²) in [5.41, 5.74) is 15.6. The van der Waals surface area contributed by atoms with Gasteiger partial charge in [-0.2, -0.15) is 9.97 Å². The van der Waals surface area contributed by atoms with Crippen molar-refractivity contribution in [2.75, 3.05) is 4.90 Å². The molecule has 0 aliphatic heterocycles. The minimum atomic E-state index is 0.0936. The Hall–Kier alpha value is -7.97. The number of rotatable bonds is 9. The Labute approximate surface area is 378 Å². The predicted octanol–water partition coefficient (Wildman–Crippen LogP) is 14.7. The van der Waals surface area contributed by atoms with Crippen molar-refractivity contribution >= 4 is 56.1 Å². The van der Waals surface area contributed by atoms with Crippen LogP contribution in [0.5, 0.6) is 23.5 Å². The van der Waals surface area contributed by atoms with Gasteiger partial charge in [0, 0.05) is 56.7 Å². The highest BCUT2D eigenvalue weighted by atomic mass is 16.5. The van der Waals surface area contributed by atoms with E-state index in [1.54, 1.807) is 0 Å². The fourth-order valence-electron chi connectivity index (χ4n) is 9.20. The number of anilines is 3. The first-order valence-electron chi connectivity index (χ1n) is 22.2. The van der Waals surface area contributed by atoms with Crippen molar-refractivity contribution < 1.29 is 9.47 Å². The minimum Gasteiger partial charge on any atom is -0.424 e. The van der Waals surface area contributed by atoms with E-state index in [-0.39, 0.29) is 12.0 Å². The van der Waals surface area contributed by atoms with Gasteiger partial charge in [-0.3, -0.25) is 4.90 Å². The fourth-order valence-corrected chi connectivity index (χ4v) is 9.20. The monoisotopic (exact) mass is 848 g/mol. The molecule has 0 amide bonds. The van der Waals surface area contributed by atoms with Crippen LogP contribution in [-0.2, 0) is 6.42 Å². The number of allylic oxidation sites excluding steroid dienone is 1. The van der Waals surface area contributed by atoms with Gasteiger partial charge >= 0.3 is 12.0 Å². The van der Waals surface area contributed by atoms with Crippen molar-refractivity contribution in [1.29, 1.82) is 0 Å². The van der Waals surface area contributed by atoms with Gasteiger partial charge in [-0.1, -0.05) is 95.4 Å². The molecule has 0 saturated heterocycles. The second kappa shape index (κ2) is 16.0. The summed E-state index contributed by atoms with van der Waals surface area (Å²) in [5.74, 6) is 1.96. The van der Waals surface area contributed by atoms with E-state index in [1.807, 2.05) is 41.3 Å². The molecule has 1 aliphatic carbocycles. The van der Waals surface area contributed by atoms with E-state index in [4.69, 9.17) is 24.4 Å². The third-order valence-electron chi connectivity index (χ3n) is 12.4. The van der Waals surface area contributed by atoms with E-state index in [0.717, 1.165) is 56.8 Å². The van der Waals surface area contributed by atoms with Gasteiger partial charge in [-0.05, 0) is 144 Å². The average Bonchev–Trinajstić information content (AvgIpc) is 3.78. The molecule has 7 aromatic carbocycles. The SMILES string of the molecule is Cc1ccc(N(c2ccc(C)cc2)c2nc(Oc3cccc(-n4c5c(c6cc(C)ccc64)CC(C)C=C5)c3)nc(Oc3cccc(-n4c5ccc(C)cc5c5cc(C)ccc54)c3)n2)cc1. The maximum Gasteiger partial charge on any atom is 0.330 e. The van der Waals surface area contributed by atoms with Crippen molar-refractivity contribution in [3.8, 4) is 34.9 Å². The first-order chi connectivity index (χ1) is 31.6. The molecule has 3 aromatic heterocycles. The lowest BCUT2D eigenvalue weighted by molar-refractivity contribution is 0.398. The topological polar surface area (TPSA) is 70.2 Å². The minimum absolute atomic E-state index is 0.0936. The smallest absolute Gasteiger partial charge is 0.330 e. The summed E-state index contributed by atoms with van der Waals surface area (Å²) in [5, 5.41) is 3.70. The summed E-state index contributed by atoms with van der Waals surface area (Å²) in [6, 6.07) is 52.9. The number of benzene rings is 7. The molecule has 11 rings (SSSR count). The van der Waals surface area contributed by atoms with Gasteiger partial charge in [0.15, 0.2) is 0 Å². The van der Waals surface area contributed by atoms with Crippen LogP contribution in [0.3, 0.4) is 0 Å². The maximum atomic E-state index is 6.68. The van der Waals surface area contributed by atoms with E-state index in [9.17, 15) is 0 Å². The Balaban J connectivity index is 1.03. The highest BCUT2D eigenvalue weighted by Crippen LogP contribution is 2.40. The lowest BCUT2D eigenvalue weighted by Crippen LogP contribution is -2.15. The number of hydrogen-bond donors (Lipinski definition) is 0. The Kier molecular flexibility index (Phi) is 9.80. The van der Waals surface area contributed by atoms with Crippen molar-refractivity contribution in [2.45, 2.75) is 48.0 Å². The van der Waals surface area contributed by atoms with Crippen LogP contribution in [0.4, 0.5) is 17.3 Å². The van der Waals surface area contributed by atoms with Crippen LogP contribution in [0.25, 0.3) is 50.2 Å². The van der Waals surface area contributed by atoms with Crippen LogP contribution in [0, 0.1) is 40.5 Å². The zero-order valence-electron chi connectivity index (χ0n) is 37.4. The highest BCUT2D eigenvalue weighted by molar-refractivity contribution is 6.09. The molecule has 10 aromatic rings. The fraction of sp³-hybridized carbons (Fsp3) is 0.140. The molecule has 0 spiro atoms. The van der Waals surface area contributed by atoms with Crippen molar-refractivity contribution in [2.24, 2.45) is 5.92 Å². The molecule has 0 bridgehead atoms. The first kappa shape index (κ1) is 39.8. The van der Waals surface area contributed by atoms with Crippen LogP contribution >= 0.6 is 0 Å². The second-order valence-corrected chi connectivity index (χ2v) is 17.5. The molecular formula is C57H48N6O2. The van der Waals surface area contributed by atoms with Gasteiger partial charge in [-0.15, -0.1) is 4.98 Å². The van der Waals surface area contributed by atoms with Crippen LogP contribution in [0.2, 0.25) is 0 Å². The van der Waals surface area contributed by atoms with E-state index in [2.05, 4.69) is 178 Å². The molecule has 0 fully saturated rings. The van der Waals surface area contributed by atoms with E-state index < -0.39 is 0 Å². The Bertz CT molecular complexity index is 3390. The lowest BCUT2D eigenvalue weighted by atomic mass is 9.93. The zero-order chi connectivity index (χ0) is 44.3. The molecule has 8 heteroatoms. The molecule has 0 radical (unpaired) electrons. The van der Waals surface area contributed by atoms with Gasteiger partial charge in [0.25, 0.3) is 0 Å². The number of nitrogens with zero attached hydrogens (tertiary/aromatic N) is 6. The van der Waals surface area contributed by atoms with Gasteiger partial charge in [0.2, 0.25) is 5.95 Å². The first-order valence-corrected chi connectivity index (χ1v) is 22.2. The van der Waals surface area contributed by atoms with E-state index in [1.165, 1.54) is 44.1 Å². The highest BCUT2D eigenvalue weighted by Gasteiger charge is 2.24. The van der Waals surface area contributed by atoms with Crippen LogP contribution < -0.4 is 14.4 Å².